The molecule has 1 N–H and O–H groups in total. The summed E-state index contributed by atoms with van der Waals surface area (Å²) >= 11 is 1.71. The smallest absolute Gasteiger partial charge is 0.241 e. The molecule has 8 nitrogen and oxygen atoms in total. The molecule has 0 atom stereocenters. The number of piperidine rings is 1. The number of rotatable bonds is 5. The van der Waals surface area contributed by atoms with Gasteiger partial charge in [-0.2, -0.15) is 0 Å². The van der Waals surface area contributed by atoms with Crippen molar-refractivity contribution in [3.05, 3.63) is 47.5 Å². The number of benzene rings is 2. The highest BCUT2D eigenvalue weighted by molar-refractivity contribution is 7.89. The Morgan fingerprint density at radius 3 is 2.64 bits per heavy atom. The molecule has 0 spiro atoms. The van der Waals surface area contributed by atoms with Crippen LogP contribution in [0.15, 0.2) is 47.4 Å². The largest absolute Gasteiger partial charge is 0.490 e. The lowest BCUT2D eigenvalue weighted by Crippen LogP contribution is -2.43. The summed E-state index contributed by atoms with van der Waals surface area (Å²) in [4.78, 5) is 19.2. The van der Waals surface area contributed by atoms with E-state index in [-0.39, 0.29) is 17.3 Å². The average molecular weight is 488 g/mol. The molecule has 0 bridgehead atoms. The van der Waals surface area contributed by atoms with Crippen molar-refractivity contribution in [2.24, 2.45) is 0 Å². The van der Waals surface area contributed by atoms with Crippen molar-refractivity contribution in [1.82, 2.24) is 14.6 Å². The fourth-order valence-corrected chi connectivity index (χ4v) is 6.23. The molecule has 1 aromatic heterocycles. The summed E-state index contributed by atoms with van der Waals surface area (Å²) in [6, 6.07) is 12.6. The second-order valence-corrected chi connectivity index (χ2v) is 11.0. The number of carbonyl (C=O) groups is 1. The maximum absolute atomic E-state index is 12.7. The summed E-state index contributed by atoms with van der Waals surface area (Å²) in [5.74, 6) is 1.03. The Morgan fingerprint density at radius 2 is 1.85 bits per heavy atom. The Bertz CT molecular complexity index is 1230. The molecule has 1 fully saturated rings. The number of aromatic nitrogens is 1. The molecule has 2 aromatic carbocycles. The number of fused-ring (bicyclic) bond motifs is 2. The van der Waals surface area contributed by atoms with Crippen LogP contribution < -0.4 is 14.2 Å². The first-order valence-corrected chi connectivity index (χ1v) is 13.3. The van der Waals surface area contributed by atoms with E-state index in [9.17, 15) is 13.2 Å². The zero-order valence-corrected chi connectivity index (χ0v) is 19.7. The molecule has 1 saturated heterocycles. The van der Waals surface area contributed by atoms with Crippen molar-refractivity contribution in [2.75, 3.05) is 32.8 Å². The average Bonchev–Trinajstić information content (AvgIpc) is 3.13. The van der Waals surface area contributed by atoms with E-state index in [4.69, 9.17) is 14.5 Å². The Hall–Kier alpha value is -2.69. The van der Waals surface area contributed by atoms with Gasteiger partial charge in [-0.25, -0.2) is 18.1 Å². The van der Waals surface area contributed by atoms with Gasteiger partial charge in [0.25, 0.3) is 0 Å². The first-order chi connectivity index (χ1) is 16.0. The van der Waals surface area contributed by atoms with Crippen LogP contribution in [0.2, 0.25) is 0 Å². The molecule has 33 heavy (non-hydrogen) atoms. The molecule has 0 saturated carbocycles. The summed E-state index contributed by atoms with van der Waals surface area (Å²) in [6.07, 6.45) is 2.38. The predicted octanol–water partition coefficient (Wildman–Crippen LogP) is 3.14. The van der Waals surface area contributed by atoms with Crippen LogP contribution in [0.25, 0.3) is 10.2 Å². The van der Waals surface area contributed by atoms with Gasteiger partial charge in [0.15, 0.2) is 11.5 Å². The number of sulfonamides is 1. The molecule has 0 radical (unpaired) electrons. The van der Waals surface area contributed by atoms with Crippen LogP contribution in [0, 0.1) is 0 Å². The number of likely N-dealkylation sites (tertiary alicyclic amines) is 1. The van der Waals surface area contributed by atoms with E-state index >= 15 is 0 Å². The van der Waals surface area contributed by atoms with Gasteiger partial charge in [-0.15, -0.1) is 11.3 Å². The van der Waals surface area contributed by atoms with Crippen LogP contribution in [0.1, 0.15) is 30.2 Å². The highest BCUT2D eigenvalue weighted by Crippen LogP contribution is 2.34. The number of thiazole rings is 1. The Labute approximate surface area is 196 Å². The Balaban J connectivity index is 1.17. The summed E-state index contributed by atoms with van der Waals surface area (Å²) in [7, 11) is -3.85. The van der Waals surface area contributed by atoms with Crippen LogP contribution in [-0.2, 0) is 14.8 Å². The van der Waals surface area contributed by atoms with E-state index in [0.717, 1.165) is 29.8 Å². The maximum atomic E-state index is 12.7. The van der Waals surface area contributed by atoms with E-state index in [1.165, 1.54) is 16.8 Å². The van der Waals surface area contributed by atoms with E-state index in [1.54, 1.807) is 22.3 Å². The number of para-hydroxylation sites is 1. The highest BCUT2D eigenvalue weighted by Gasteiger charge is 2.27. The highest BCUT2D eigenvalue weighted by atomic mass is 32.2. The normalized spacial score (nSPS) is 17.2. The molecule has 2 aliphatic rings. The van der Waals surface area contributed by atoms with Crippen LogP contribution in [0.4, 0.5) is 0 Å². The van der Waals surface area contributed by atoms with Gasteiger partial charge in [0.2, 0.25) is 15.9 Å². The molecular weight excluding hydrogens is 462 g/mol. The standard InChI is InChI=1S/C23H25N3O5S2/c27-22(15-24-33(28,29)17-6-7-19-20(14-17)31-13-3-12-30-19)26-10-8-16(9-11-26)23-25-18-4-1-2-5-21(18)32-23/h1-2,4-7,14,16,24H,3,8-13,15H2. The summed E-state index contributed by atoms with van der Waals surface area (Å²) in [6.45, 7) is 1.90. The number of amides is 1. The monoisotopic (exact) mass is 487 g/mol. The first kappa shape index (κ1) is 22.1. The van der Waals surface area contributed by atoms with E-state index in [0.29, 0.717) is 43.7 Å². The Kier molecular flexibility index (Phi) is 6.22. The summed E-state index contributed by atoms with van der Waals surface area (Å²) in [5.41, 5.74) is 1.01. The zero-order chi connectivity index (χ0) is 22.8. The second-order valence-electron chi connectivity index (χ2n) is 8.16. The molecule has 0 aliphatic carbocycles. The lowest BCUT2D eigenvalue weighted by atomic mass is 9.97. The molecule has 1 amide bonds. The SMILES string of the molecule is O=C(CNS(=O)(=O)c1ccc2c(c1)OCCCO2)N1CCC(c2nc3ccccc3s2)CC1. The van der Waals surface area contributed by atoms with Gasteiger partial charge in [-0.05, 0) is 37.1 Å². The molecule has 10 heteroatoms. The minimum Gasteiger partial charge on any atom is -0.490 e. The zero-order valence-electron chi connectivity index (χ0n) is 18.0. The lowest BCUT2D eigenvalue weighted by molar-refractivity contribution is -0.130. The van der Waals surface area contributed by atoms with Crippen molar-refractivity contribution < 1.29 is 22.7 Å². The number of carbonyl (C=O) groups excluding carboxylic acids is 1. The quantitative estimate of drug-likeness (QED) is 0.594. The number of ether oxygens (including phenoxy) is 2. The Morgan fingerprint density at radius 1 is 1.09 bits per heavy atom. The molecule has 174 valence electrons. The summed E-state index contributed by atoms with van der Waals surface area (Å²) in [5, 5.41) is 1.11. The number of nitrogens with one attached hydrogen (secondary N) is 1. The van der Waals surface area contributed by atoms with Gasteiger partial charge in [-0.3, -0.25) is 4.79 Å². The van der Waals surface area contributed by atoms with E-state index in [2.05, 4.69) is 10.8 Å². The van der Waals surface area contributed by atoms with E-state index < -0.39 is 10.0 Å². The van der Waals surface area contributed by atoms with Crippen molar-refractivity contribution >= 4 is 37.5 Å². The lowest BCUT2D eigenvalue weighted by Gasteiger charge is -2.31. The topological polar surface area (TPSA) is 97.8 Å². The van der Waals surface area contributed by atoms with Crippen molar-refractivity contribution in [3.63, 3.8) is 0 Å². The fourth-order valence-electron chi connectivity index (χ4n) is 4.10. The molecule has 3 heterocycles. The van der Waals surface area contributed by atoms with Crippen molar-refractivity contribution in [3.8, 4) is 11.5 Å². The number of nitrogens with zero attached hydrogens (tertiary/aromatic N) is 2. The third-order valence-corrected chi connectivity index (χ3v) is 8.55. The van der Waals surface area contributed by atoms with Crippen molar-refractivity contribution in [2.45, 2.75) is 30.1 Å². The minimum absolute atomic E-state index is 0.0501. The maximum Gasteiger partial charge on any atom is 0.241 e. The number of hydrogen-bond donors (Lipinski definition) is 1. The van der Waals surface area contributed by atoms with E-state index in [1.807, 2.05) is 18.2 Å². The van der Waals surface area contributed by atoms with Gasteiger partial charge in [0.05, 0.1) is 39.9 Å². The van der Waals surface area contributed by atoms with Crippen LogP contribution in [0.5, 0.6) is 11.5 Å². The predicted molar refractivity (Wildman–Crippen MR) is 125 cm³/mol. The molecule has 5 rings (SSSR count). The van der Waals surface area contributed by atoms with Gasteiger partial charge in [0, 0.05) is 31.5 Å². The molecule has 2 aliphatic heterocycles. The fraction of sp³-hybridized carbons (Fsp3) is 0.391. The van der Waals surface area contributed by atoms with Crippen LogP contribution in [0.3, 0.4) is 0 Å². The molecule has 0 unspecified atom stereocenters. The first-order valence-electron chi connectivity index (χ1n) is 11.0. The summed E-state index contributed by atoms with van der Waals surface area (Å²) < 4.78 is 40.2. The van der Waals surface area contributed by atoms with Crippen LogP contribution >= 0.6 is 11.3 Å². The molecular formula is C23H25N3O5S2. The van der Waals surface area contributed by atoms with Gasteiger partial charge < -0.3 is 14.4 Å². The third kappa shape index (κ3) is 4.83. The number of hydrogen-bond acceptors (Lipinski definition) is 7. The minimum atomic E-state index is -3.85. The van der Waals surface area contributed by atoms with Crippen LogP contribution in [-0.4, -0.2) is 57.1 Å². The van der Waals surface area contributed by atoms with Gasteiger partial charge in [0.1, 0.15) is 0 Å². The second kappa shape index (κ2) is 9.28. The van der Waals surface area contributed by atoms with Gasteiger partial charge >= 0.3 is 0 Å². The third-order valence-electron chi connectivity index (χ3n) is 5.95. The van der Waals surface area contributed by atoms with Crippen molar-refractivity contribution in [1.29, 1.82) is 0 Å². The van der Waals surface area contributed by atoms with Gasteiger partial charge in [-0.1, -0.05) is 12.1 Å². The molecule has 3 aromatic rings.